The topological polar surface area (TPSA) is 37.3 Å². The number of aliphatic carboxylic acids is 1. The summed E-state index contributed by atoms with van der Waals surface area (Å²) < 4.78 is 0.481. The van der Waals surface area contributed by atoms with Crippen LogP contribution in [0.4, 0.5) is 0 Å². The zero-order chi connectivity index (χ0) is 6.78. The molecule has 56 valence electrons. The van der Waals surface area contributed by atoms with Crippen LogP contribution in [0.3, 0.4) is 0 Å². The number of carbonyl (C=O) groups is 1. The van der Waals surface area contributed by atoms with E-state index in [1.807, 2.05) is 21.1 Å². The SMILES string of the molecule is C[N+](C)(C)CC(=O)O.Cl. The Kier molecular flexibility index (Phi) is 4.72. The summed E-state index contributed by atoms with van der Waals surface area (Å²) in [4.78, 5) is 10.00. The van der Waals surface area contributed by atoms with Gasteiger partial charge < -0.3 is 9.59 Å². The summed E-state index contributed by atoms with van der Waals surface area (Å²) in [5.74, 6) is -0.752. The highest BCUT2D eigenvalue weighted by Crippen LogP contribution is 1.86. The molecule has 0 heterocycles. The van der Waals surface area contributed by atoms with Gasteiger partial charge in [0.05, 0.1) is 21.1 Å². The first-order valence-electron chi connectivity index (χ1n) is 2.44. The number of rotatable bonds is 2. The predicted molar refractivity (Wildman–Crippen MR) is 37.8 cm³/mol. The van der Waals surface area contributed by atoms with Gasteiger partial charge in [0.1, 0.15) is 0 Å². The Hall–Kier alpha value is -0.280. The molecule has 0 bridgehead atoms. The van der Waals surface area contributed by atoms with Gasteiger partial charge in [-0.05, 0) is 0 Å². The van der Waals surface area contributed by atoms with Crippen LogP contribution in [0, 0.1) is 0 Å². The monoisotopic (exact) mass is 154 g/mol. The molecule has 0 aromatic heterocycles. The molecule has 0 aliphatic rings. The molecule has 0 aromatic carbocycles. The van der Waals surface area contributed by atoms with Crippen molar-refractivity contribution in [3.05, 3.63) is 0 Å². The van der Waals surface area contributed by atoms with E-state index in [0.717, 1.165) is 0 Å². The Balaban J connectivity index is 0. The summed E-state index contributed by atoms with van der Waals surface area (Å²) in [6, 6.07) is 0. The summed E-state index contributed by atoms with van der Waals surface area (Å²) in [5, 5.41) is 8.23. The third kappa shape index (κ3) is 11.3. The molecule has 3 nitrogen and oxygen atoms in total. The number of hydrogen-bond acceptors (Lipinski definition) is 1. The van der Waals surface area contributed by atoms with E-state index in [-0.39, 0.29) is 19.0 Å². The van der Waals surface area contributed by atoms with Crippen LogP contribution in [-0.2, 0) is 4.79 Å². The van der Waals surface area contributed by atoms with Crippen molar-refractivity contribution < 1.29 is 14.4 Å². The maximum atomic E-state index is 10.00. The first-order valence-corrected chi connectivity index (χ1v) is 2.44. The fraction of sp³-hybridized carbons (Fsp3) is 0.800. The smallest absolute Gasteiger partial charge is 0.359 e. The summed E-state index contributed by atoms with van der Waals surface area (Å²) in [7, 11) is 5.52. The molecule has 0 aliphatic heterocycles. The van der Waals surface area contributed by atoms with Crippen molar-refractivity contribution in [2.75, 3.05) is 27.7 Å². The first kappa shape index (κ1) is 11.5. The lowest BCUT2D eigenvalue weighted by Crippen LogP contribution is -2.39. The van der Waals surface area contributed by atoms with Gasteiger partial charge in [-0.3, -0.25) is 0 Å². The highest BCUT2D eigenvalue weighted by atomic mass is 35.5. The molecule has 9 heavy (non-hydrogen) atoms. The fourth-order valence-electron chi connectivity index (χ4n) is 0.406. The van der Waals surface area contributed by atoms with Gasteiger partial charge in [0.2, 0.25) is 0 Å². The molecule has 0 saturated carbocycles. The Labute approximate surface area is 61.3 Å². The standard InChI is InChI=1S/C5H11NO2.ClH/c1-6(2,3)4-5(7)8;/h4H2,1-3H3;1H/p+1. The average molecular weight is 155 g/mol. The normalized spacial score (nSPS) is 10.1. The maximum absolute atomic E-state index is 10.00. The molecule has 0 spiro atoms. The molecule has 0 aromatic rings. The maximum Gasteiger partial charge on any atom is 0.359 e. The van der Waals surface area contributed by atoms with Crippen molar-refractivity contribution in [3.63, 3.8) is 0 Å². The van der Waals surface area contributed by atoms with E-state index >= 15 is 0 Å². The molecule has 0 rings (SSSR count). The van der Waals surface area contributed by atoms with E-state index in [2.05, 4.69) is 0 Å². The molecule has 0 fully saturated rings. The average Bonchev–Trinajstić information content (AvgIpc) is 1.21. The second-order valence-corrected chi connectivity index (χ2v) is 2.84. The molecule has 0 unspecified atom stereocenters. The van der Waals surface area contributed by atoms with E-state index in [1.165, 1.54) is 0 Å². The summed E-state index contributed by atoms with van der Waals surface area (Å²) in [6.07, 6.45) is 0. The largest absolute Gasteiger partial charge is 0.477 e. The Morgan fingerprint density at radius 1 is 1.44 bits per heavy atom. The first-order chi connectivity index (χ1) is 3.42. The van der Waals surface area contributed by atoms with Crippen molar-refractivity contribution in [1.82, 2.24) is 0 Å². The number of quaternary nitrogens is 1. The van der Waals surface area contributed by atoms with Crippen LogP contribution < -0.4 is 0 Å². The van der Waals surface area contributed by atoms with Crippen molar-refractivity contribution >= 4 is 18.4 Å². The van der Waals surface area contributed by atoms with E-state index < -0.39 is 5.97 Å². The number of carboxylic acid groups (broad SMARTS) is 1. The lowest BCUT2D eigenvalue weighted by atomic mass is 10.5. The fourth-order valence-corrected chi connectivity index (χ4v) is 0.406. The van der Waals surface area contributed by atoms with Crippen molar-refractivity contribution in [2.45, 2.75) is 0 Å². The van der Waals surface area contributed by atoms with Gasteiger partial charge in [0.25, 0.3) is 0 Å². The van der Waals surface area contributed by atoms with Gasteiger partial charge in [-0.15, -0.1) is 12.4 Å². The van der Waals surface area contributed by atoms with Crippen LogP contribution in [0.5, 0.6) is 0 Å². The van der Waals surface area contributed by atoms with Crippen LogP contribution in [-0.4, -0.2) is 43.2 Å². The third-order valence-electron chi connectivity index (χ3n) is 0.610. The number of likely N-dealkylation sites (N-methyl/N-ethyl adjacent to an activating group) is 1. The Bertz CT molecular complexity index is 97.6. The lowest BCUT2D eigenvalue weighted by Gasteiger charge is -2.20. The Morgan fingerprint density at radius 2 is 1.78 bits per heavy atom. The molecule has 0 radical (unpaired) electrons. The molecule has 1 N–H and O–H groups in total. The van der Waals surface area contributed by atoms with Gasteiger partial charge >= 0.3 is 5.97 Å². The molecule has 0 aliphatic carbocycles. The van der Waals surface area contributed by atoms with Crippen LogP contribution in [0.15, 0.2) is 0 Å². The van der Waals surface area contributed by atoms with E-state index in [0.29, 0.717) is 4.48 Å². The molecular formula is C5H13ClNO2+. The van der Waals surface area contributed by atoms with Crippen molar-refractivity contribution in [3.8, 4) is 0 Å². The zero-order valence-electron chi connectivity index (χ0n) is 5.92. The quantitative estimate of drug-likeness (QED) is 0.577. The molecule has 0 amide bonds. The highest BCUT2D eigenvalue weighted by Gasteiger charge is 2.11. The van der Waals surface area contributed by atoms with Crippen molar-refractivity contribution in [1.29, 1.82) is 0 Å². The third-order valence-corrected chi connectivity index (χ3v) is 0.610. The lowest BCUT2D eigenvalue weighted by molar-refractivity contribution is -0.862. The summed E-state index contributed by atoms with van der Waals surface area (Å²) >= 11 is 0. The van der Waals surface area contributed by atoms with Gasteiger partial charge in [-0.25, -0.2) is 4.79 Å². The minimum absolute atomic E-state index is 0. The predicted octanol–water partition coefficient (Wildman–Crippen LogP) is 0.199. The minimum Gasteiger partial charge on any atom is -0.477 e. The van der Waals surface area contributed by atoms with Gasteiger partial charge in [0.15, 0.2) is 6.54 Å². The van der Waals surface area contributed by atoms with Crippen LogP contribution >= 0.6 is 12.4 Å². The van der Waals surface area contributed by atoms with Gasteiger partial charge in [0, 0.05) is 0 Å². The van der Waals surface area contributed by atoms with Gasteiger partial charge in [-0.2, -0.15) is 0 Å². The van der Waals surface area contributed by atoms with Crippen LogP contribution in [0.25, 0.3) is 0 Å². The number of halogens is 1. The molecule has 0 atom stereocenters. The number of carboxylic acids is 1. The second kappa shape index (κ2) is 3.69. The summed E-state index contributed by atoms with van der Waals surface area (Å²) in [6.45, 7) is 0.181. The van der Waals surface area contributed by atoms with E-state index in [4.69, 9.17) is 5.11 Å². The van der Waals surface area contributed by atoms with Crippen LogP contribution in [0.1, 0.15) is 0 Å². The van der Waals surface area contributed by atoms with E-state index in [9.17, 15) is 4.79 Å². The Morgan fingerprint density at radius 3 is 1.78 bits per heavy atom. The van der Waals surface area contributed by atoms with Gasteiger partial charge in [-0.1, -0.05) is 0 Å². The molecular weight excluding hydrogens is 142 g/mol. The molecule has 0 saturated heterocycles. The van der Waals surface area contributed by atoms with E-state index in [1.54, 1.807) is 0 Å². The minimum atomic E-state index is -0.752. The zero-order valence-corrected chi connectivity index (χ0v) is 6.73. The van der Waals surface area contributed by atoms with Crippen molar-refractivity contribution in [2.24, 2.45) is 0 Å². The number of nitrogens with zero attached hydrogens (tertiary/aromatic N) is 1. The molecule has 4 heteroatoms. The van der Waals surface area contributed by atoms with Crippen LogP contribution in [0.2, 0.25) is 0 Å². The summed E-state index contributed by atoms with van der Waals surface area (Å²) in [5.41, 5.74) is 0. The second-order valence-electron chi connectivity index (χ2n) is 2.84. The number of hydrogen-bond donors (Lipinski definition) is 1. The highest BCUT2D eigenvalue weighted by molar-refractivity contribution is 5.85.